The number of benzene rings is 1. The van der Waals surface area contributed by atoms with Gasteiger partial charge in [0.05, 0.1) is 13.2 Å². The second-order valence-corrected chi connectivity index (χ2v) is 6.16. The first kappa shape index (κ1) is 15.7. The van der Waals surface area contributed by atoms with E-state index in [0.29, 0.717) is 13.0 Å². The Morgan fingerprint density at radius 2 is 2.00 bits per heavy atom. The monoisotopic (exact) mass is 319 g/mol. The van der Waals surface area contributed by atoms with Gasteiger partial charge in [-0.2, -0.15) is 0 Å². The Labute approximate surface area is 135 Å². The van der Waals surface area contributed by atoms with E-state index in [1.807, 2.05) is 12.1 Å². The molecule has 1 aromatic carbocycles. The first-order chi connectivity index (χ1) is 11.1. The van der Waals surface area contributed by atoms with Gasteiger partial charge in [0.1, 0.15) is 5.92 Å². The van der Waals surface area contributed by atoms with Crippen LogP contribution in [-0.4, -0.2) is 55.1 Å². The fourth-order valence-electron chi connectivity index (χ4n) is 2.95. The van der Waals surface area contributed by atoms with Crippen molar-refractivity contribution in [3.8, 4) is 0 Å². The summed E-state index contributed by atoms with van der Waals surface area (Å²) in [7, 11) is 1.70. The highest BCUT2D eigenvalue weighted by Gasteiger charge is 2.54. The Kier molecular flexibility index (Phi) is 4.47. The van der Waals surface area contributed by atoms with E-state index in [0.717, 1.165) is 37.6 Å². The minimum Gasteiger partial charge on any atom is -0.378 e. The molecule has 0 N–H and O–H groups in total. The van der Waals surface area contributed by atoms with E-state index >= 15 is 0 Å². The van der Waals surface area contributed by atoms with Crippen molar-refractivity contribution in [2.75, 3.05) is 38.3 Å². The van der Waals surface area contributed by atoms with E-state index in [-0.39, 0.29) is 10.8 Å². The lowest BCUT2D eigenvalue weighted by atomic mass is 10.1. The van der Waals surface area contributed by atoms with Gasteiger partial charge >= 0.3 is 0 Å². The van der Waals surface area contributed by atoms with E-state index < -0.39 is 12.0 Å². The van der Waals surface area contributed by atoms with Gasteiger partial charge in [-0.15, -0.1) is 0 Å². The Bertz CT molecular complexity index is 583. The average Bonchev–Trinajstić information content (AvgIpc) is 3.36. The lowest BCUT2D eigenvalue weighted by Crippen LogP contribution is -2.36. The van der Waals surface area contributed by atoms with Crippen molar-refractivity contribution in [1.82, 2.24) is 4.90 Å². The van der Waals surface area contributed by atoms with Gasteiger partial charge in [0.25, 0.3) is 0 Å². The molecule has 1 aromatic rings. The Morgan fingerprint density at radius 1 is 1.35 bits per heavy atom. The zero-order valence-corrected chi connectivity index (χ0v) is 13.2. The zero-order chi connectivity index (χ0) is 16.4. The summed E-state index contributed by atoms with van der Waals surface area (Å²) < 4.78 is 5.34. The molecule has 1 heterocycles. The van der Waals surface area contributed by atoms with E-state index in [9.17, 15) is 14.9 Å². The van der Waals surface area contributed by atoms with Crippen LogP contribution in [0.1, 0.15) is 12.0 Å². The van der Waals surface area contributed by atoms with Crippen LogP contribution in [-0.2, 0) is 16.1 Å². The van der Waals surface area contributed by atoms with Gasteiger partial charge in [-0.1, -0.05) is 12.1 Å². The van der Waals surface area contributed by atoms with Gasteiger partial charge in [0.2, 0.25) is 11.9 Å². The van der Waals surface area contributed by atoms with E-state index in [4.69, 9.17) is 4.74 Å². The van der Waals surface area contributed by atoms with Crippen molar-refractivity contribution in [2.24, 2.45) is 5.92 Å². The molecule has 2 unspecified atom stereocenters. The fourth-order valence-corrected chi connectivity index (χ4v) is 2.95. The Morgan fingerprint density at radius 3 is 2.57 bits per heavy atom. The molecular formula is C16H21N3O4. The molecule has 1 saturated carbocycles. The van der Waals surface area contributed by atoms with Crippen LogP contribution in [0.4, 0.5) is 5.69 Å². The van der Waals surface area contributed by atoms with Crippen LogP contribution < -0.4 is 4.90 Å². The van der Waals surface area contributed by atoms with Crippen molar-refractivity contribution >= 4 is 11.6 Å². The van der Waals surface area contributed by atoms with Gasteiger partial charge in [-0.25, -0.2) is 0 Å². The van der Waals surface area contributed by atoms with Crippen LogP contribution in [0.15, 0.2) is 24.3 Å². The number of rotatable bonds is 5. The summed E-state index contributed by atoms with van der Waals surface area (Å²) in [5.74, 6) is -0.577. The SMILES string of the molecule is CN(Cc1ccc(N2CCOCC2)cc1)C(=O)C1CC1[N+](=O)[O-]. The predicted molar refractivity (Wildman–Crippen MR) is 84.8 cm³/mol. The largest absolute Gasteiger partial charge is 0.378 e. The van der Waals surface area contributed by atoms with Crippen molar-refractivity contribution in [3.63, 3.8) is 0 Å². The molecule has 1 amide bonds. The molecule has 124 valence electrons. The standard InChI is InChI=1S/C16H21N3O4/c1-17(16(20)14-10-15(14)19(21)22)11-12-2-4-13(5-3-12)18-6-8-23-9-7-18/h2-5,14-15H,6-11H2,1H3. The average molecular weight is 319 g/mol. The molecule has 2 fully saturated rings. The van der Waals surface area contributed by atoms with Gasteiger partial charge in [-0.05, 0) is 17.7 Å². The maximum absolute atomic E-state index is 12.1. The van der Waals surface area contributed by atoms with Crippen molar-refractivity contribution < 1.29 is 14.5 Å². The van der Waals surface area contributed by atoms with E-state index in [2.05, 4.69) is 17.0 Å². The summed E-state index contributed by atoms with van der Waals surface area (Å²) >= 11 is 0. The molecular weight excluding hydrogens is 298 g/mol. The number of morpholine rings is 1. The van der Waals surface area contributed by atoms with E-state index in [1.54, 1.807) is 11.9 Å². The summed E-state index contributed by atoms with van der Waals surface area (Å²) in [6, 6.07) is 7.43. The van der Waals surface area contributed by atoms with Gasteiger partial charge in [0, 0.05) is 43.7 Å². The number of nitrogens with zero attached hydrogens (tertiary/aromatic N) is 3. The number of hydrogen-bond donors (Lipinski definition) is 0. The van der Waals surface area contributed by atoms with Crippen LogP contribution >= 0.6 is 0 Å². The normalized spacial score (nSPS) is 23.4. The topological polar surface area (TPSA) is 75.9 Å². The van der Waals surface area contributed by atoms with Crippen molar-refractivity contribution in [1.29, 1.82) is 0 Å². The molecule has 0 radical (unpaired) electrons. The van der Waals surface area contributed by atoms with Crippen LogP contribution in [0.3, 0.4) is 0 Å². The number of nitro groups is 1. The molecule has 23 heavy (non-hydrogen) atoms. The van der Waals surface area contributed by atoms with E-state index in [1.165, 1.54) is 0 Å². The second kappa shape index (κ2) is 6.54. The second-order valence-electron chi connectivity index (χ2n) is 6.16. The first-order valence-corrected chi connectivity index (χ1v) is 7.86. The lowest BCUT2D eigenvalue weighted by molar-refractivity contribution is -0.497. The summed E-state index contributed by atoms with van der Waals surface area (Å²) in [6.45, 7) is 3.75. The quantitative estimate of drug-likeness (QED) is 0.601. The molecule has 0 spiro atoms. The van der Waals surface area contributed by atoms with Gasteiger partial charge in [0.15, 0.2) is 0 Å². The van der Waals surface area contributed by atoms with Crippen LogP contribution in [0, 0.1) is 16.0 Å². The van der Waals surface area contributed by atoms with Crippen molar-refractivity contribution in [2.45, 2.75) is 19.0 Å². The van der Waals surface area contributed by atoms with Crippen LogP contribution in [0.25, 0.3) is 0 Å². The minimum absolute atomic E-state index is 0.135. The van der Waals surface area contributed by atoms with Crippen LogP contribution in [0.5, 0.6) is 0 Å². The lowest BCUT2D eigenvalue weighted by Gasteiger charge is -2.29. The highest BCUT2D eigenvalue weighted by atomic mass is 16.6. The summed E-state index contributed by atoms with van der Waals surface area (Å²) in [5, 5.41) is 10.7. The molecule has 2 aliphatic rings. The number of carbonyl (C=O) groups is 1. The van der Waals surface area contributed by atoms with Gasteiger partial charge in [-0.3, -0.25) is 14.9 Å². The number of amides is 1. The minimum atomic E-state index is -0.686. The fraction of sp³-hybridized carbons (Fsp3) is 0.562. The van der Waals surface area contributed by atoms with Crippen LogP contribution in [0.2, 0.25) is 0 Å². The number of carbonyl (C=O) groups excluding carboxylic acids is 1. The molecule has 1 aliphatic heterocycles. The Balaban J connectivity index is 1.55. The maximum Gasteiger partial charge on any atom is 0.232 e. The van der Waals surface area contributed by atoms with Crippen molar-refractivity contribution in [3.05, 3.63) is 39.9 Å². The highest BCUT2D eigenvalue weighted by Crippen LogP contribution is 2.34. The smallest absolute Gasteiger partial charge is 0.232 e. The number of anilines is 1. The number of hydrogen-bond acceptors (Lipinski definition) is 5. The maximum atomic E-state index is 12.1. The molecule has 7 nitrogen and oxygen atoms in total. The zero-order valence-electron chi connectivity index (χ0n) is 13.2. The summed E-state index contributed by atoms with van der Waals surface area (Å²) in [6.07, 6.45) is 0.367. The molecule has 1 aliphatic carbocycles. The molecule has 0 aromatic heterocycles. The number of ether oxygens (including phenoxy) is 1. The molecule has 3 rings (SSSR count). The molecule has 0 bridgehead atoms. The third kappa shape index (κ3) is 3.61. The first-order valence-electron chi connectivity index (χ1n) is 7.86. The predicted octanol–water partition coefficient (Wildman–Crippen LogP) is 1.15. The molecule has 2 atom stereocenters. The summed E-state index contributed by atoms with van der Waals surface area (Å²) in [4.78, 5) is 26.3. The third-order valence-electron chi connectivity index (χ3n) is 4.45. The van der Waals surface area contributed by atoms with Gasteiger partial charge < -0.3 is 14.5 Å². The third-order valence-corrected chi connectivity index (χ3v) is 4.45. The summed E-state index contributed by atoms with van der Waals surface area (Å²) in [5.41, 5.74) is 2.18. The molecule has 1 saturated heterocycles. The highest BCUT2D eigenvalue weighted by molar-refractivity contribution is 5.81. The Hall–Kier alpha value is -2.15. The molecule has 7 heteroatoms.